The second-order valence-electron chi connectivity index (χ2n) is 3.32. The van der Waals surface area contributed by atoms with Gasteiger partial charge >= 0.3 is 0 Å². The predicted molar refractivity (Wildman–Crippen MR) is 50.5 cm³/mol. The van der Waals surface area contributed by atoms with Crippen molar-refractivity contribution in [2.75, 3.05) is 18.1 Å². The van der Waals surface area contributed by atoms with Crippen LogP contribution in [-0.2, 0) is 0 Å². The van der Waals surface area contributed by atoms with Gasteiger partial charge in [-0.05, 0) is 18.6 Å². The minimum absolute atomic E-state index is 0. The molecule has 1 spiro atoms. The molecular formula is C7H14ClNOS. The highest BCUT2D eigenvalue weighted by atomic mass is 35.5. The van der Waals surface area contributed by atoms with Crippen LogP contribution in [0.15, 0.2) is 0 Å². The lowest BCUT2D eigenvalue weighted by Crippen LogP contribution is -2.39. The Kier molecular flexibility index (Phi) is 3.09. The van der Waals surface area contributed by atoms with E-state index in [1.54, 1.807) is 0 Å². The molecule has 66 valence electrons. The monoisotopic (exact) mass is 195 g/mol. The Balaban J connectivity index is 0.000000605. The maximum Gasteiger partial charge on any atom is 0.0682 e. The zero-order valence-electron chi connectivity index (χ0n) is 6.38. The van der Waals surface area contributed by atoms with Crippen LogP contribution in [0.5, 0.6) is 0 Å². The van der Waals surface area contributed by atoms with E-state index in [9.17, 15) is 5.11 Å². The Bertz CT molecular complexity index is 138. The molecule has 0 saturated carbocycles. The third kappa shape index (κ3) is 1.83. The topological polar surface area (TPSA) is 32.3 Å². The van der Waals surface area contributed by atoms with Gasteiger partial charge in [0.1, 0.15) is 0 Å². The molecule has 0 radical (unpaired) electrons. The van der Waals surface area contributed by atoms with Crippen molar-refractivity contribution in [3.8, 4) is 0 Å². The average Bonchev–Trinajstić information content (AvgIpc) is 2.46. The maximum absolute atomic E-state index is 9.28. The summed E-state index contributed by atoms with van der Waals surface area (Å²) in [6.07, 6.45) is 2.13. The van der Waals surface area contributed by atoms with E-state index in [-0.39, 0.29) is 18.5 Å². The molecule has 2 unspecified atom stereocenters. The summed E-state index contributed by atoms with van der Waals surface area (Å²) in [6, 6.07) is 0. The predicted octanol–water partition coefficient (Wildman–Crippen LogP) is 0.638. The van der Waals surface area contributed by atoms with Gasteiger partial charge in [-0.1, -0.05) is 0 Å². The van der Waals surface area contributed by atoms with E-state index in [2.05, 4.69) is 5.32 Å². The van der Waals surface area contributed by atoms with Gasteiger partial charge in [0.25, 0.3) is 0 Å². The largest absolute Gasteiger partial charge is 0.392 e. The lowest BCUT2D eigenvalue weighted by Gasteiger charge is -2.21. The smallest absolute Gasteiger partial charge is 0.0682 e. The van der Waals surface area contributed by atoms with Gasteiger partial charge in [-0.25, -0.2) is 0 Å². The lowest BCUT2D eigenvalue weighted by atomic mass is 9.96. The summed E-state index contributed by atoms with van der Waals surface area (Å²) in [7, 11) is 0. The van der Waals surface area contributed by atoms with Gasteiger partial charge in [0, 0.05) is 17.8 Å². The van der Waals surface area contributed by atoms with Crippen molar-refractivity contribution in [3.05, 3.63) is 0 Å². The highest BCUT2D eigenvalue weighted by Crippen LogP contribution is 2.34. The summed E-state index contributed by atoms with van der Waals surface area (Å²) < 4.78 is 0. The first-order valence-corrected chi connectivity index (χ1v) is 4.97. The van der Waals surface area contributed by atoms with Gasteiger partial charge in [0.2, 0.25) is 0 Å². The van der Waals surface area contributed by atoms with Gasteiger partial charge in [-0.15, -0.1) is 12.4 Å². The molecule has 2 saturated heterocycles. The summed E-state index contributed by atoms with van der Waals surface area (Å²) in [4.78, 5) is 0. The molecule has 2 aliphatic heterocycles. The number of rotatable bonds is 0. The minimum Gasteiger partial charge on any atom is -0.392 e. The molecule has 2 N–H and O–H groups in total. The van der Waals surface area contributed by atoms with Crippen LogP contribution >= 0.6 is 24.2 Å². The van der Waals surface area contributed by atoms with Crippen molar-refractivity contribution in [1.29, 1.82) is 0 Å². The van der Waals surface area contributed by atoms with Crippen LogP contribution < -0.4 is 5.32 Å². The molecule has 2 aliphatic rings. The van der Waals surface area contributed by atoms with E-state index in [1.807, 2.05) is 11.8 Å². The quantitative estimate of drug-likeness (QED) is 0.595. The molecule has 0 amide bonds. The van der Waals surface area contributed by atoms with Gasteiger partial charge in [-0.2, -0.15) is 11.8 Å². The Hall–Kier alpha value is 0.560. The van der Waals surface area contributed by atoms with E-state index in [1.165, 1.54) is 17.9 Å². The number of hydrogen-bond acceptors (Lipinski definition) is 3. The van der Waals surface area contributed by atoms with Gasteiger partial charge < -0.3 is 10.4 Å². The van der Waals surface area contributed by atoms with E-state index in [4.69, 9.17) is 0 Å². The highest BCUT2D eigenvalue weighted by Gasteiger charge is 2.40. The molecule has 0 aromatic rings. The van der Waals surface area contributed by atoms with Crippen LogP contribution in [0.25, 0.3) is 0 Å². The van der Waals surface area contributed by atoms with Crippen LogP contribution in [0, 0.1) is 0 Å². The zero-order chi connectivity index (χ0) is 7.03. The molecule has 0 aromatic heterocycles. The van der Waals surface area contributed by atoms with E-state index < -0.39 is 0 Å². The van der Waals surface area contributed by atoms with Crippen LogP contribution in [0.2, 0.25) is 0 Å². The van der Waals surface area contributed by atoms with Crippen molar-refractivity contribution in [3.63, 3.8) is 0 Å². The lowest BCUT2D eigenvalue weighted by molar-refractivity contribution is 0.187. The summed E-state index contributed by atoms with van der Waals surface area (Å²) in [6.45, 7) is 0.806. The Morgan fingerprint density at radius 1 is 1.55 bits per heavy atom. The number of thioether (sulfide) groups is 1. The number of nitrogens with one attached hydrogen (secondary N) is 1. The molecule has 2 nitrogen and oxygen atoms in total. The molecule has 2 fully saturated rings. The number of aliphatic hydroxyl groups excluding tert-OH is 1. The zero-order valence-corrected chi connectivity index (χ0v) is 8.01. The molecular weight excluding hydrogens is 182 g/mol. The van der Waals surface area contributed by atoms with E-state index >= 15 is 0 Å². The standard InChI is InChI=1S/C7H13NOS.ClH/c9-6-3-7(8-4-6)1-2-10-5-7;/h6,8-9H,1-5H2;1H. The Labute approximate surface area is 77.5 Å². The number of halogens is 1. The first-order valence-electron chi connectivity index (χ1n) is 3.82. The SMILES string of the molecule is Cl.OC1CNC2(CCSC2)C1. The van der Waals surface area contributed by atoms with Gasteiger partial charge in [0.05, 0.1) is 6.10 Å². The molecule has 4 heteroatoms. The van der Waals surface area contributed by atoms with Crippen LogP contribution in [0.4, 0.5) is 0 Å². The summed E-state index contributed by atoms with van der Waals surface area (Å²) >= 11 is 2.00. The molecule has 2 heterocycles. The van der Waals surface area contributed by atoms with E-state index in [0.29, 0.717) is 5.54 Å². The molecule has 0 aromatic carbocycles. The third-order valence-corrected chi connectivity index (χ3v) is 3.69. The van der Waals surface area contributed by atoms with Gasteiger partial charge in [0.15, 0.2) is 0 Å². The summed E-state index contributed by atoms with van der Waals surface area (Å²) in [5, 5.41) is 12.7. The number of aliphatic hydroxyl groups is 1. The Morgan fingerprint density at radius 2 is 2.36 bits per heavy atom. The first-order chi connectivity index (χ1) is 4.81. The van der Waals surface area contributed by atoms with Crippen molar-refractivity contribution in [2.24, 2.45) is 0 Å². The minimum atomic E-state index is -0.0845. The molecule has 0 bridgehead atoms. The molecule has 11 heavy (non-hydrogen) atoms. The Morgan fingerprint density at radius 3 is 2.82 bits per heavy atom. The second-order valence-corrected chi connectivity index (χ2v) is 4.43. The summed E-state index contributed by atoms with van der Waals surface area (Å²) in [5.41, 5.74) is 0.323. The number of β-amino-alcohol motifs (C(OH)–C–C–N with tert-alkyl or cyclic N) is 1. The van der Waals surface area contributed by atoms with E-state index in [0.717, 1.165) is 13.0 Å². The summed E-state index contributed by atoms with van der Waals surface area (Å²) in [5.74, 6) is 2.46. The normalized spacial score (nSPS) is 42.8. The molecule has 2 atom stereocenters. The second kappa shape index (κ2) is 3.52. The van der Waals surface area contributed by atoms with Crippen LogP contribution in [0.3, 0.4) is 0 Å². The van der Waals surface area contributed by atoms with Crippen molar-refractivity contribution < 1.29 is 5.11 Å². The average molecular weight is 196 g/mol. The molecule has 2 rings (SSSR count). The fraction of sp³-hybridized carbons (Fsp3) is 1.00. The van der Waals surface area contributed by atoms with Gasteiger partial charge in [-0.3, -0.25) is 0 Å². The van der Waals surface area contributed by atoms with Crippen molar-refractivity contribution in [2.45, 2.75) is 24.5 Å². The fourth-order valence-corrected chi connectivity index (χ4v) is 3.27. The third-order valence-electron chi connectivity index (χ3n) is 2.44. The highest BCUT2D eigenvalue weighted by molar-refractivity contribution is 7.99. The van der Waals surface area contributed by atoms with Crippen molar-refractivity contribution >= 4 is 24.2 Å². The molecule has 0 aliphatic carbocycles. The van der Waals surface area contributed by atoms with Crippen LogP contribution in [0.1, 0.15) is 12.8 Å². The number of hydrogen-bond donors (Lipinski definition) is 2. The first kappa shape index (κ1) is 9.65. The maximum atomic E-state index is 9.28. The van der Waals surface area contributed by atoms with Crippen LogP contribution in [-0.4, -0.2) is 34.8 Å². The van der Waals surface area contributed by atoms with Crippen molar-refractivity contribution in [1.82, 2.24) is 5.32 Å². The fourth-order valence-electron chi connectivity index (χ4n) is 1.84.